The second-order valence-corrected chi connectivity index (χ2v) is 3.92. The lowest BCUT2D eigenvalue weighted by atomic mass is 10.0. The number of hydrogen-bond donors (Lipinski definition) is 2. The van der Waals surface area contributed by atoms with Crippen molar-refractivity contribution >= 4 is 0 Å². The highest BCUT2D eigenvalue weighted by Gasteiger charge is 2.16. The van der Waals surface area contributed by atoms with Crippen LogP contribution in [0.15, 0.2) is 30.5 Å². The number of para-hydroxylation sites is 1. The van der Waals surface area contributed by atoms with E-state index in [0.29, 0.717) is 5.75 Å². The van der Waals surface area contributed by atoms with Crippen LogP contribution in [0.25, 0.3) is 11.1 Å². The fraction of sp³-hybridized carbons (Fsp3) is 0.250. The Kier molecular flexibility index (Phi) is 2.15. The molecule has 2 N–H and O–H groups in total. The van der Waals surface area contributed by atoms with Gasteiger partial charge in [0.1, 0.15) is 5.75 Å². The summed E-state index contributed by atoms with van der Waals surface area (Å²) >= 11 is 0. The maximum absolute atomic E-state index is 9.83. The van der Waals surface area contributed by atoms with Crippen LogP contribution in [0.4, 0.5) is 0 Å². The first kappa shape index (κ1) is 9.42. The number of fused-ring (bicyclic) bond motifs is 1. The van der Waals surface area contributed by atoms with Gasteiger partial charge < -0.3 is 10.4 Å². The van der Waals surface area contributed by atoms with Crippen molar-refractivity contribution in [2.75, 3.05) is 6.54 Å². The Labute approximate surface area is 93.5 Å². The number of nitrogens with zero attached hydrogens (tertiary/aromatic N) is 2. The van der Waals surface area contributed by atoms with Crippen molar-refractivity contribution in [2.24, 2.45) is 0 Å². The van der Waals surface area contributed by atoms with E-state index in [4.69, 9.17) is 0 Å². The van der Waals surface area contributed by atoms with Crippen LogP contribution in [-0.2, 0) is 13.1 Å². The molecule has 0 saturated carbocycles. The van der Waals surface area contributed by atoms with Crippen LogP contribution < -0.4 is 5.32 Å². The van der Waals surface area contributed by atoms with Gasteiger partial charge in [-0.05, 0) is 6.07 Å². The molecule has 1 aromatic carbocycles. The van der Waals surface area contributed by atoms with Crippen LogP contribution in [0.2, 0.25) is 0 Å². The fourth-order valence-corrected chi connectivity index (χ4v) is 2.11. The number of benzene rings is 1. The van der Waals surface area contributed by atoms with Gasteiger partial charge in [-0.3, -0.25) is 4.68 Å². The van der Waals surface area contributed by atoms with Gasteiger partial charge >= 0.3 is 0 Å². The predicted molar refractivity (Wildman–Crippen MR) is 61.0 cm³/mol. The molecule has 16 heavy (non-hydrogen) atoms. The highest BCUT2D eigenvalue weighted by atomic mass is 16.3. The Balaban J connectivity index is 2.13. The monoisotopic (exact) mass is 215 g/mol. The minimum Gasteiger partial charge on any atom is -0.507 e. The lowest BCUT2D eigenvalue weighted by Crippen LogP contribution is -2.28. The van der Waals surface area contributed by atoms with Gasteiger partial charge in [0.2, 0.25) is 0 Å². The zero-order valence-electron chi connectivity index (χ0n) is 8.85. The third kappa shape index (κ3) is 1.39. The van der Waals surface area contributed by atoms with E-state index in [1.54, 1.807) is 6.07 Å². The first-order chi connectivity index (χ1) is 7.86. The molecule has 1 aromatic heterocycles. The van der Waals surface area contributed by atoms with Crippen LogP contribution in [0.5, 0.6) is 5.75 Å². The van der Waals surface area contributed by atoms with E-state index in [-0.39, 0.29) is 0 Å². The Bertz CT molecular complexity index is 519. The summed E-state index contributed by atoms with van der Waals surface area (Å²) in [5.74, 6) is 0.309. The van der Waals surface area contributed by atoms with E-state index < -0.39 is 0 Å². The number of phenolic OH excluding ortho intramolecular Hbond substituents is 1. The molecule has 0 radical (unpaired) electrons. The standard InChI is InChI=1S/C12H13N3O/c16-12-4-2-1-3-9(12)10-7-14-15-6-5-13-8-11(10)15/h1-4,7,13,16H,5-6,8H2. The number of rotatable bonds is 1. The minimum absolute atomic E-state index is 0.309. The maximum atomic E-state index is 9.83. The first-order valence-electron chi connectivity index (χ1n) is 5.40. The molecule has 3 rings (SSSR count). The molecule has 2 heterocycles. The Morgan fingerprint density at radius 1 is 1.25 bits per heavy atom. The number of aromatic nitrogens is 2. The molecule has 1 aliphatic rings. The van der Waals surface area contributed by atoms with Crippen molar-refractivity contribution < 1.29 is 5.11 Å². The molecule has 0 spiro atoms. The summed E-state index contributed by atoms with van der Waals surface area (Å²) in [7, 11) is 0. The molecule has 0 bridgehead atoms. The van der Waals surface area contributed by atoms with E-state index in [9.17, 15) is 5.11 Å². The highest BCUT2D eigenvalue weighted by Crippen LogP contribution is 2.31. The molecule has 4 heteroatoms. The largest absolute Gasteiger partial charge is 0.507 e. The van der Waals surface area contributed by atoms with Gasteiger partial charge in [0.05, 0.1) is 18.4 Å². The molecular weight excluding hydrogens is 202 g/mol. The van der Waals surface area contributed by atoms with Gasteiger partial charge in [0.15, 0.2) is 0 Å². The highest BCUT2D eigenvalue weighted by molar-refractivity contribution is 5.71. The van der Waals surface area contributed by atoms with Crippen molar-refractivity contribution in [3.8, 4) is 16.9 Å². The van der Waals surface area contributed by atoms with Crippen molar-refractivity contribution in [3.05, 3.63) is 36.2 Å². The van der Waals surface area contributed by atoms with Gasteiger partial charge in [-0.2, -0.15) is 5.10 Å². The number of nitrogens with one attached hydrogen (secondary N) is 1. The average Bonchev–Trinajstić information content (AvgIpc) is 2.74. The lowest BCUT2D eigenvalue weighted by Gasteiger charge is -2.16. The summed E-state index contributed by atoms with van der Waals surface area (Å²) in [5.41, 5.74) is 3.02. The maximum Gasteiger partial charge on any atom is 0.123 e. The van der Waals surface area contributed by atoms with Crippen LogP contribution in [0.1, 0.15) is 5.69 Å². The number of phenols is 1. The normalized spacial score (nSPS) is 14.8. The smallest absolute Gasteiger partial charge is 0.123 e. The van der Waals surface area contributed by atoms with Crippen molar-refractivity contribution in [1.29, 1.82) is 0 Å². The molecular formula is C12H13N3O. The molecule has 0 amide bonds. The third-order valence-corrected chi connectivity index (χ3v) is 2.94. The zero-order chi connectivity index (χ0) is 11.0. The van der Waals surface area contributed by atoms with Crippen molar-refractivity contribution in [3.63, 3.8) is 0 Å². The predicted octanol–water partition coefficient (Wildman–Crippen LogP) is 1.36. The van der Waals surface area contributed by atoms with Crippen LogP contribution in [-0.4, -0.2) is 21.4 Å². The molecule has 4 nitrogen and oxygen atoms in total. The molecule has 1 aliphatic heterocycles. The quantitative estimate of drug-likeness (QED) is 0.755. The Morgan fingerprint density at radius 3 is 3.00 bits per heavy atom. The SMILES string of the molecule is Oc1ccccc1-c1cnn2c1CNCC2. The van der Waals surface area contributed by atoms with Crippen LogP contribution >= 0.6 is 0 Å². The summed E-state index contributed by atoms with van der Waals surface area (Å²) in [6.07, 6.45) is 1.83. The van der Waals surface area contributed by atoms with E-state index >= 15 is 0 Å². The van der Waals surface area contributed by atoms with Crippen molar-refractivity contribution in [1.82, 2.24) is 15.1 Å². The molecule has 82 valence electrons. The summed E-state index contributed by atoms with van der Waals surface area (Å²) in [4.78, 5) is 0. The zero-order valence-corrected chi connectivity index (χ0v) is 8.85. The minimum atomic E-state index is 0.309. The number of hydrogen-bond acceptors (Lipinski definition) is 3. The van der Waals surface area contributed by atoms with E-state index in [2.05, 4.69) is 10.4 Å². The van der Waals surface area contributed by atoms with E-state index in [1.807, 2.05) is 29.1 Å². The summed E-state index contributed by atoms with van der Waals surface area (Å²) in [6, 6.07) is 7.37. The Hall–Kier alpha value is -1.81. The van der Waals surface area contributed by atoms with Crippen molar-refractivity contribution in [2.45, 2.75) is 13.1 Å². The molecule has 0 fully saturated rings. The van der Waals surface area contributed by atoms with Gasteiger partial charge in [-0.25, -0.2) is 0 Å². The average molecular weight is 215 g/mol. The Morgan fingerprint density at radius 2 is 2.12 bits per heavy atom. The third-order valence-electron chi connectivity index (χ3n) is 2.94. The molecule has 0 atom stereocenters. The van der Waals surface area contributed by atoms with Gasteiger partial charge in [-0.1, -0.05) is 18.2 Å². The second kappa shape index (κ2) is 3.64. The van der Waals surface area contributed by atoms with E-state index in [0.717, 1.165) is 36.5 Å². The second-order valence-electron chi connectivity index (χ2n) is 3.92. The molecule has 2 aromatic rings. The van der Waals surface area contributed by atoms with Gasteiger partial charge in [0.25, 0.3) is 0 Å². The molecule has 0 saturated heterocycles. The van der Waals surface area contributed by atoms with Crippen LogP contribution in [0.3, 0.4) is 0 Å². The van der Waals surface area contributed by atoms with E-state index in [1.165, 1.54) is 0 Å². The topological polar surface area (TPSA) is 50.1 Å². The summed E-state index contributed by atoms with van der Waals surface area (Å²) in [5, 5.41) is 17.5. The molecule has 0 aliphatic carbocycles. The number of aromatic hydroxyl groups is 1. The first-order valence-corrected chi connectivity index (χ1v) is 5.40. The summed E-state index contributed by atoms with van der Waals surface area (Å²) in [6.45, 7) is 2.65. The molecule has 0 unspecified atom stereocenters. The van der Waals surface area contributed by atoms with Gasteiger partial charge in [-0.15, -0.1) is 0 Å². The fourth-order valence-electron chi connectivity index (χ4n) is 2.11. The summed E-state index contributed by atoms with van der Waals surface area (Å²) < 4.78 is 2.00. The lowest BCUT2D eigenvalue weighted by molar-refractivity contribution is 0.472. The van der Waals surface area contributed by atoms with Crippen LogP contribution in [0, 0.1) is 0 Å². The van der Waals surface area contributed by atoms with Gasteiger partial charge in [0, 0.05) is 24.2 Å².